The van der Waals surface area contributed by atoms with E-state index in [0.29, 0.717) is 0 Å². The second kappa shape index (κ2) is 5.35. The minimum absolute atomic E-state index is 0.00357. The number of carbonyl (C=O) groups excluding carboxylic acids is 2. The highest BCUT2D eigenvalue weighted by atomic mass is 35.5. The maximum Gasteiger partial charge on any atom is 0.244 e. The molecule has 1 aromatic heterocycles. The average Bonchev–Trinajstić information content (AvgIpc) is 2.36. The van der Waals surface area contributed by atoms with Crippen LogP contribution < -0.4 is 15.8 Å². The van der Waals surface area contributed by atoms with Crippen LogP contribution in [0.25, 0.3) is 0 Å². The van der Waals surface area contributed by atoms with Crippen molar-refractivity contribution >= 4 is 39.3 Å². The summed E-state index contributed by atoms with van der Waals surface area (Å²) in [6.45, 7) is 0. The first-order valence-corrected chi connectivity index (χ1v) is 7.43. The zero-order chi connectivity index (χ0) is 14.9. The number of hydrogen-bond acceptors (Lipinski definition) is 6. The molecule has 0 bridgehead atoms. The number of aromatic nitrogens is 1. The molecule has 1 aliphatic rings. The topological polar surface area (TPSA) is 131 Å². The van der Waals surface area contributed by atoms with Crippen LogP contribution in [-0.2, 0) is 19.6 Å². The summed E-state index contributed by atoms with van der Waals surface area (Å²) in [6.07, 6.45) is 1.20. The molecule has 1 aromatic rings. The SMILES string of the molecule is Nc1ncc(S(=O)(=O)NC2CCC(=O)NC2=O)cc1Cl. The Labute approximate surface area is 119 Å². The van der Waals surface area contributed by atoms with Crippen molar-refractivity contribution in [2.75, 3.05) is 5.73 Å². The number of carbonyl (C=O) groups is 2. The van der Waals surface area contributed by atoms with Crippen molar-refractivity contribution in [1.29, 1.82) is 0 Å². The van der Waals surface area contributed by atoms with Crippen LogP contribution in [0, 0.1) is 0 Å². The fraction of sp³-hybridized carbons (Fsp3) is 0.300. The third-order valence-corrected chi connectivity index (χ3v) is 4.43. The number of nitrogens with zero attached hydrogens (tertiary/aromatic N) is 1. The van der Waals surface area contributed by atoms with Crippen LogP contribution in [0.5, 0.6) is 0 Å². The Balaban J connectivity index is 2.21. The molecule has 1 unspecified atom stereocenters. The first-order chi connectivity index (χ1) is 9.29. The average molecular weight is 319 g/mol. The van der Waals surface area contributed by atoms with Crippen molar-refractivity contribution in [3.05, 3.63) is 17.3 Å². The van der Waals surface area contributed by atoms with Gasteiger partial charge < -0.3 is 5.73 Å². The number of rotatable bonds is 3. The Hall–Kier alpha value is -1.71. The van der Waals surface area contributed by atoms with Gasteiger partial charge in [-0.3, -0.25) is 14.9 Å². The van der Waals surface area contributed by atoms with Crippen LogP contribution in [0.2, 0.25) is 5.02 Å². The lowest BCUT2D eigenvalue weighted by molar-refractivity contribution is -0.134. The minimum Gasteiger partial charge on any atom is -0.382 e. The van der Waals surface area contributed by atoms with Crippen molar-refractivity contribution in [1.82, 2.24) is 15.0 Å². The summed E-state index contributed by atoms with van der Waals surface area (Å²) in [7, 11) is -3.97. The van der Waals surface area contributed by atoms with Crippen LogP contribution >= 0.6 is 11.6 Å². The molecule has 1 saturated heterocycles. The molecule has 8 nitrogen and oxygen atoms in total. The first kappa shape index (κ1) is 14.7. The summed E-state index contributed by atoms with van der Waals surface area (Å²) in [6, 6.07) is 0.131. The van der Waals surface area contributed by atoms with Gasteiger partial charge in [-0.2, -0.15) is 4.72 Å². The quantitative estimate of drug-likeness (QED) is 0.638. The van der Waals surface area contributed by atoms with Crippen molar-refractivity contribution in [2.24, 2.45) is 0 Å². The minimum atomic E-state index is -3.97. The summed E-state index contributed by atoms with van der Waals surface area (Å²) in [5, 5.41) is 2.05. The van der Waals surface area contributed by atoms with Crippen LogP contribution in [0.3, 0.4) is 0 Å². The summed E-state index contributed by atoms with van der Waals surface area (Å²) in [4.78, 5) is 25.9. The molecule has 108 valence electrons. The Kier molecular flexibility index (Phi) is 3.93. The Morgan fingerprint density at radius 2 is 2.15 bits per heavy atom. The van der Waals surface area contributed by atoms with Gasteiger partial charge in [0.05, 0.1) is 5.02 Å². The van der Waals surface area contributed by atoms with Gasteiger partial charge in [0.2, 0.25) is 21.8 Å². The van der Waals surface area contributed by atoms with E-state index < -0.39 is 27.9 Å². The molecule has 0 radical (unpaired) electrons. The number of imide groups is 1. The molecule has 0 aromatic carbocycles. The van der Waals surface area contributed by atoms with Gasteiger partial charge in [0, 0.05) is 12.6 Å². The predicted octanol–water partition coefficient (Wildman–Crippen LogP) is -0.599. The number of hydrogen-bond donors (Lipinski definition) is 3. The zero-order valence-electron chi connectivity index (χ0n) is 10.1. The summed E-state index contributed by atoms with van der Waals surface area (Å²) in [5.41, 5.74) is 5.39. The third kappa shape index (κ3) is 3.06. The fourth-order valence-electron chi connectivity index (χ4n) is 1.64. The van der Waals surface area contributed by atoms with Gasteiger partial charge >= 0.3 is 0 Å². The number of anilines is 1. The number of amides is 2. The fourth-order valence-corrected chi connectivity index (χ4v) is 3.07. The van der Waals surface area contributed by atoms with E-state index in [9.17, 15) is 18.0 Å². The van der Waals surface area contributed by atoms with E-state index in [2.05, 4.69) is 15.0 Å². The van der Waals surface area contributed by atoms with Crippen LogP contribution in [-0.4, -0.2) is 31.3 Å². The van der Waals surface area contributed by atoms with E-state index in [0.717, 1.165) is 12.3 Å². The largest absolute Gasteiger partial charge is 0.382 e. The number of pyridine rings is 1. The molecule has 1 fully saturated rings. The molecule has 0 aliphatic carbocycles. The number of sulfonamides is 1. The normalized spacial score (nSPS) is 19.8. The standard InChI is InChI=1S/C10H11ClN4O4S/c11-6-3-5(4-13-9(6)12)20(18,19)15-7-1-2-8(16)14-10(7)17/h3-4,7,15H,1-2H2,(H2,12,13)(H,14,16,17). The van der Waals surface area contributed by atoms with Gasteiger partial charge in [0.15, 0.2) is 0 Å². The molecule has 2 rings (SSSR count). The predicted molar refractivity (Wildman–Crippen MR) is 70.2 cm³/mol. The van der Waals surface area contributed by atoms with E-state index in [1.807, 2.05) is 0 Å². The molecule has 0 saturated carbocycles. The van der Waals surface area contributed by atoms with Gasteiger partial charge in [0.25, 0.3) is 0 Å². The summed E-state index contributed by atoms with van der Waals surface area (Å²) >= 11 is 5.71. The molecule has 0 spiro atoms. The van der Waals surface area contributed by atoms with E-state index >= 15 is 0 Å². The van der Waals surface area contributed by atoms with E-state index in [1.54, 1.807) is 0 Å². The third-order valence-electron chi connectivity index (χ3n) is 2.69. The highest BCUT2D eigenvalue weighted by Gasteiger charge is 2.31. The molecule has 2 amide bonds. The maximum atomic E-state index is 12.1. The van der Waals surface area contributed by atoms with E-state index in [-0.39, 0.29) is 28.6 Å². The molecule has 1 aliphatic heterocycles. The molecular weight excluding hydrogens is 308 g/mol. The second-order valence-corrected chi connectivity index (χ2v) is 6.28. The van der Waals surface area contributed by atoms with Crippen LogP contribution in [0.4, 0.5) is 5.82 Å². The molecule has 4 N–H and O–H groups in total. The molecule has 2 heterocycles. The number of nitrogen functional groups attached to an aromatic ring is 1. The Morgan fingerprint density at radius 3 is 2.75 bits per heavy atom. The monoisotopic (exact) mass is 318 g/mol. The molecule has 10 heteroatoms. The first-order valence-electron chi connectivity index (χ1n) is 5.56. The molecular formula is C10H11ClN4O4S. The highest BCUT2D eigenvalue weighted by molar-refractivity contribution is 7.89. The van der Waals surface area contributed by atoms with Gasteiger partial charge in [-0.25, -0.2) is 13.4 Å². The Bertz CT molecular complexity index is 676. The van der Waals surface area contributed by atoms with Gasteiger partial charge in [0.1, 0.15) is 16.8 Å². The summed E-state index contributed by atoms with van der Waals surface area (Å²) in [5.74, 6) is -1.10. The van der Waals surface area contributed by atoms with Crippen LogP contribution in [0.15, 0.2) is 17.2 Å². The smallest absolute Gasteiger partial charge is 0.244 e. The van der Waals surface area contributed by atoms with Gasteiger partial charge in [-0.1, -0.05) is 11.6 Å². The Morgan fingerprint density at radius 1 is 1.45 bits per heavy atom. The summed E-state index contributed by atoms with van der Waals surface area (Å²) < 4.78 is 26.3. The number of halogens is 1. The molecule has 1 atom stereocenters. The van der Waals surface area contributed by atoms with Gasteiger partial charge in [-0.05, 0) is 12.5 Å². The van der Waals surface area contributed by atoms with E-state index in [1.165, 1.54) is 0 Å². The highest BCUT2D eigenvalue weighted by Crippen LogP contribution is 2.20. The number of nitrogens with two attached hydrogens (primary N) is 1. The van der Waals surface area contributed by atoms with Crippen molar-refractivity contribution in [2.45, 2.75) is 23.8 Å². The number of piperidine rings is 1. The van der Waals surface area contributed by atoms with Crippen LogP contribution in [0.1, 0.15) is 12.8 Å². The van der Waals surface area contributed by atoms with E-state index in [4.69, 9.17) is 17.3 Å². The maximum absolute atomic E-state index is 12.1. The van der Waals surface area contributed by atoms with Crippen molar-refractivity contribution < 1.29 is 18.0 Å². The lowest BCUT2D eigenvalue weighted by Crippen LogP contribution is -2.52. The lowest BCUT2D eigenvalue weighted by Gasteiger charge is -2.21. The van der Waals surface area contributed by atoms with Crippen molar-refractivity contribution in [3.63, 3.8) is 0 Å². The number of nitrogens with one attached hydrogen (secondary N) is 2. The second-order valence-electron chi connectivity index (χ2n) is 4.16. The lowest BCUT2D eigenvalue weighted by atomic mass is 10.1. The van der Waals surface area contributed by atoms with Gasteiger partial charge in [-0.15, -0.1) is 0 Å². The van der Waals surface area contributed by atoms with Crippen molar-refractivity contribution in [3.8, 4) is 0 Å². The molecule has 20 heavy (non-hydrogen) atoms. The zero-order valence-corrected chi connectivity index (χ0v) is 11.7.